The molecule has 1 N–H and O–H groups in total. The fourth-order valence-corrected chi connectivity index (χ4v) is 5.52. The van der Waals surface area contributed by atoms with Crippen molar-refractivity contribution in [2.24, 2.45) is 0 Å². The topological polar surface area (TPSA) is 50.9 Å². The Kier molecular flexibility index (Phi) is 7.33. The van der Waals surface area contributed by atoms with E-state index >= 15 is 0 Å². The number of hydrogen-bond acceptors (Lipinski definition) is 4. The van der Waals surface area contributed by atoms with Crippen molar-refractivity contribution in [3.8, 4) is 22.6 Å². The van der Waals surface area contributed by atoms with Crippen LogP contribution in [-0.4, -0.2) is 20.1 Å². The zero-order valence-corrected chi connectivity index (χ0v) is 22.5. The summed E-state index contributed by atoms with van der Waals surface area (Å²) in [5, 5.41) is 21.0. The molecule has 0 aliphatic heterocycles. The minimum absolute atomic E-state index is 0.0484. The van der Waals surface area contributed by atoms with E-state index in [0.717, 1.165) is 33.5 Å². The molecule has 0 saturated carbocycles. The maximum Gasteiger partial charge on any atom is 0.150 e. The summed E-state index contributed by atoms with van der Waals surface area (Å²) in [6.07, 6.45) is 4.66. The Morgan fingerprint density at radius 1 is 0.784 bits per heavy atom. The van der Waals surface area contributed by atoms with Gasteiger partial charge in [-0.05, 0) is 65.4 Å². The quantitative estimate of drug-likeness (QED) is 0.203. The molecule has 1 aromatic heterocycles. The normalized spacial score (nSPS) is 11.8. The summed E-state index contributed by atoms with van der Waals surface area (Å²) in [5.74, 6) is 0.193. The zero-order chi connectivity index (χ0) is 25.8. The van der Waals surface area contributed by atoms with Gasteiger partial charge in [0.15, 0.2) is 5.75 Å². The van der Waals surface area contributed by atoms with E-state index in [4.69, 9.17) is 10.2 Å². The third-order valence-electron chi connectivity index (χ3n) is 6.91. The number of aromatic hydroxyl groups is 1. The Hall–Kier alpha value is -3.57. The molecule has 0 spiro atoms. The third kappa shape index (κ3) is 5.57. The van der Waals surface area contributed by atoms with Crippen molar-refractivity contribution in [3.63, 3.8) is 0 Å². The number of unbranched alkanes of at least 4 members (excludes halogenated alkanes) is 2. The first-order valence-corrected chi connectivity index (χ1v) is 13.8. The second-order valence-corrected chi connectivity index (χ2v) is 11.3. The monoisotopic (exact) mass is 507 g/mol. The van der Waals surface area contributed by atoms with Gasteiger partial charge in [-0.2, -0.15) is 0 Å². The number of benzene rings is 4. The summed E-state index contributed by atoms with van der Waals surface area (Å²) in [6, 6.07) is 30.7. The van der Waals surface area contributed by atoms with Crippen LogP contribution in [0.3, 0.4) is 0 Å². The number of phenols is 1. The molecule has 5 rings (SSSR count). The van der Waals surface area contributed by atoms with Crippen LogP contribution < -0.4 is 0 Å². The molecule has 0 unspecified atom stereocenters. The van der Waals surface area contributed by atoms with Crippen molar-refractivity contribution in [1.82, 2.24) is 15.0 Å². The third-order valence-corrected chi connectivity index (χ3v) is 7.91. The van der Waals surface area contributed by atoms with Gasteiger partial charge in [0.05, 0.1) is 0 Å². The van der Waals surface area contributed by atoms with Gasteiger partial charge < -0.3 is 5.11 Å². The number of fused-ring (bicyclic) bond motifs is 1. The van der Waals surface area contributed by atoms with Crippen molar-refractivity contribution in [2.45, 2.75) is 61.7 Å². The molecular formula is C32H33N3OS. The van der Waals surface area contributed by atoms with Gasteiger partial charge >= 0.3 is 0 Å². The fraction of sp³-hybridized carbons (Fsp3) is 0.250. The Morgan fingerprint density at radius 2 is 1.49 bits per heavy atom. The summed E-state index contributed by atoms with van der Waals surface area (Å²) in [6.45, 7) is 6.80. The smallest absolute Gasteiger partial charge is 0.150 e. The van der Waals surface area contributed by atoms with E-state index in [1.807, 2.05) is 54.6 Å². The SMILES string of the molecule is CCCCCC(C)(C)c1cc(-c2ccccc2)c(O)c(-n2nc3ccc(Sc4ccccc4)cc3n2)c1. The maximum absolute atomic E-state index is 11.5. The lowest BCUT2D eigenvalue weighted by atomic mass is 9.78. The van der Waals surface area contributed by atoms with Crippen LogP contribution in [0.1, 0.15) is 52.0 Å². The summed E-state index contributed by atoms with van der Waals surface area (Å²) < 4.78 is 0. The predicted molar refractivity (Wildman–Crippen MR) is 154 cm³/mol. The molecule has 188 valence electrons. The Bertz CT molecular complexity index is 1490. The van der Waals surface area contributed by atoms with Crippen LogP contribution in [0.4, 0.5) is 0 Å². The summed E-state index contributed by atoms with van der Waals surface area (Å²) >= 11 is 1.70. The van der Waals surface area contributed by atoms with Gasteiger partial charge in [-0.25, -0.2) is 0 Å². The molecule has 0 radical (unpaired) electrons. The number of hydrogen-bond donors (Lipinski definition) is 1. The predicted octanol–water partition coefficient (Wildman–Crippen LogP) is 8.80. The first-order valence-electron chi connectivity index (χ1n) is 13.0. The Balaban J connectivity index is 1.58. The van der Waals surface area contributed by atoms with E-state index in [-0.39, 0.29) is 11.2 Å². The van der Waals surface area contributed by atoms with E-state index in [1.54, 1.807) is 16.6 Å². The Labute approximate surface area is 223 Å². The van der Waals surface area contributed by atoms with Crippen molar-refractivity contribution in [3.05, 3.63) is 96.6 Å². The molecular weight excluding hydrogens is 474 g/mol. The van der Waals surface area contributed by atoms with Gasteiger partial charge in [0.25, 0.3) is 0 Å². The lowest BCUT2D eigenvalue weighted by Gasteiger charge is -2.27. The highest BCUT2D eigenvalue weighted by molar-refractivity contribution is 7.99. The lowest BCUT2D eigenvalue weighted by Crippen LogP contribution is -2.18. The van der Waals surface area contributed by atoms with Gasteiger partial charge in [0.2, 0.25) is 0 Å². The molecule has 4 nitrogen and oxygen atoms in total. The molecule has 0 saturated heterocycles. The van der Waals surface area contributed by atoms with Crippen LogP contribution in [0.5, 0.6) is 5.75 Å². The molecule has 0 amide bonds. The van der Waals surface area contributed by atoms with Crippen LogP contribution in [0.15, 0.2) is 101 Å². The van der Waals surface area contributed by atoms with Crippen LogP contribution in [0.25, 0.3) is 27.8 Å². The van der Waals surface area contributed by atoms with Crippen LogP contribution in [0, 0.1) is 0 Å². The van der Waals surface area contributed by atoms with Gasteiger partial charge in [0.1, 0.15) is 16.7 Å². The largest absolute Gasteiger partial charge is 0.505 e. The molecule has 4 aromatic carbocycles. The van der Waals surface area contributed by atoms with Crippen LogP contribution in [-0.2, 0) is 5.41 Å². The van der Waals surface area contributed by atoms with Crippen molar-refractivity contribution in [2.75, 3.05) is 0 Å². The molecule has 0 fully saturated rings. The Morgan fingerprint density at radius 3 is 2.22 bits per heavy atom. The van der Waals surface area contributed by atoms with Gasteiger partial charge in [-0.1, -0.05) is 100 Å². The fourth-order valence-electron chi connectivity index (χ4n) is 4.65. The number of nitrogens with zero attached hydrogens (tertiary/aromatic N) is 3. The summed E-state index contributed by atoms with van der Waals surface area (Å²) in [5.41, 5.74) is 5.11. The highest BCUT2D eigenvalue weighted by atomic mass is 32.2. The summed E-state index contributed by atoms with van der Waals surface area (Å²) in [4.78, 5) is 3.87. The number of aromatic nitrogens is 3. The van der Waals surface area contributed by atoms with Crippen LogP contribution in [0.2, 0.25) is 0 Å². The second-order valence-electron chi connectivity index (χ2n) is 10.2. The van der Waals surface area contributed by atoms with Crippen molar-refractivity contribution < 1.29 is 5.11 Å². The van der Waals surface area contributed by atoms with Crippen LogP contribution >= 0.6 is 11.8 Å². The number of phenolic OH excluding ortho intramolecular Hbond substituents is 1. The number of rotatable bonds is 9. The van der Waals surface area contributed by atoms with E-state index in [1.165, 1.54) is 29.7 Å². The molecule has 0 bridgehead atoms. The van der Waals surface area contributed by atoms with Gasteiger partial charge in [-0.15, -0.1) is 15.0 Å². The van der Waals surface area contributed by atoms with Crippen molar-refractivity contribution >= 4 is 22.8 Å². The lowest BCUT2D eigenvalue weighted by molar-refractivity contribution is 0.445. The highest BCUT2D eigenvalue weighted by Crippen LogP contribution is 2.40. The maximum atomic E-state index is 11.5. The highest BCUT2D eigenvalue weighted by Gasteiger charge is 2.25. The molecule has 37 heavy (non-hydrogen) atoms. The average molecular weight is 508 g/mol. The molecule has 1 heterocycles. The zero-order valence-electron chi connectivity index (χ0n) is 21.7. The molecule has 0 atom stereocenters. The summed E-state index contributed by atoms with van der Waals surface area (Å²) in [7, 11) is 0. The standard InChI is InChI=1S/C32H33N3OS/c1-4-5-12-19-32(2,3)24-20-27(23-13-8-6-9-14-23)31(36)30(21-24)35-33-28-18-17-26(22-29(28)34-35)37-25-15-10-7-11-16-25/h6-11,13-18,20-22,36H,4-5,12,19H2,1-3H3. The minimum Gasteiger partial charge on any atom is -0.505 e. The first-order chi connectivity index (χ1) is 17.9. The second kappa shape index (κ2) is 10.8. The molecule has 5 heteroatoms. The van der Waals surface area contributed by atoms with E-state index in [2.05, 4.69) is 57.2 Å². The minimum atomic E-state index is -0.0484. The van der Waals surface area contributed by atoms with E-state index in [9.17, 15) is 5.11 Å². The van der Waals surface area contributed by atoms with E-state index < -0.39 is 0 Å². The molecule has 5 aromatic rings. The van der Waals surface area contributed by atoms with E-state index in [0.29, 0.717) is 5.69 Å². The molecule has 0 aliphatic carbocycles. The first kappa shape index (κ1) is 25.1. The van der Waals surface area contributed by atoms with Crippen molar-refractivity contribution in [1.29, 1.82) is 0 Å². The average Bonchev–Trinajstić information content (AvgIpc) is 3.33. The molecule has 0 aliphatic rings. The van der Waals surface area contributed by atoms with Gasteiger partial charge in [0, 0.05) is 15.4 Å². The van der Waals surface area contributed by atoms with Gasteiger partial charge in [-0.3, -0.25) is 0 Å².